The first-order valence-corrected chi connectivity index (χ1v) is 6.18. The van der Waals surface area contributed by atoms with Gasteiger partial charge in [-0.2, -0.15) is 10.5 Å². The van der Waals surface area contributed by atoms with Gasteiger partial charge in [-0.05, 0) is 12.8 Å². The Hall–Kier alpha value is -1.81. The summed E-state index contributed by atoms with van der Waals surface area (Å²) in [6.45, 7) is 0.768. The molecule has 4 nitrogen and oxygen atoms in total. The van der Waals surface area contributed by atoms with Crippen LogP contribution in [0.3, 0.4) is 0 Å². The summed E-state index contributed by atoms with van der Waals surface area (Å²) in [5.74, 6) is 1.19. The van der Waals surface area contributed by atoms with Gasteiger partial charge in [0.25, 0.3) is 5.82 Å². The summed E-state index contributed by atoms with van der Waals surface area (Å²) in [7, 11) is 0. The number of rotatable bonds is 8. The van der Waals surface area contributed by atoms with Crippen LogP contribution in [0.15, 0.2) is 12.4 Å². The van der Waals surface area contributed by atoms with E-state index in [9.17, 15) is 0 Å². The molecule has 1 heterocycles. The maximum atomic E-state index is 8.55. The van der Waals surface area contributed by atoms with Crippen molar-refractivity contribution in [3.63, 3.8) is 0 Å². The molecule has 0 saturated heterocycles. The molecule has 0 saturated carbocycles. The Morgan fingerprint density at radius 2 is 1.82 bits per heavy atom. The Kier molecular flexibility index (Phi) is 6.51. The highest BCUT2D eigenvalue weighted by atomic mass is 15.1. The molecule has 1 aromatic rings. The number of hydrogen-bond donors (Lipinski definition) is 1. The van der Waals surface area contributed by atoms with Gasteiger partial charge in [-0.25, -0.2) is 9.55 Å². The molecular formula is C13H19N4+. The average molecular weight is 231 g/mol. The molecular weight excluding hydrogens is 212 g/mol. The van der Waals surface area contributed by atoms with E-state index in [4.69, 9.17) is 10.5 Å². The van der Waals surface area contributed by atoms with Crippen molar-refractivity contribution in [2.45, 2.75) is 51.5 Å². The molecule has 0 atom stereocenters. The van der Waals surface area contributed by atoms with E-state index in [1.54, 1.807) is 0 Å². The van der Waals surface area contributed by atoms with Gasteiger partial charge in [-0.1, -0.05) is 12.8 Å². The standard InChI is InChI=1S/C13H18N4/c14-8-5-3-1-2-4-7-13-16-10-12-17(13)11-6-9-15/h10,12H,1-7,11H2/p+1. The first-order chi connectivity index (χ1) is 8.38. The van der Waals surface area contributed by atoms with Gasteiger partial charge in [-0.3, -0.25) is 0 Å². The third kappa shape index (κ3) is 5.17. The molecule has 1 rings (SSSR count). The fourth-order valence-electron chi connectivity index (χ4n) is 1.84. The molecule has 0 radical (unpaired) electrons. The fraction of sp³-hybridized carbons (Fsp3) is 0.615. The fourth-order valence-corrected chi connectivity index (χ4v) is 1.84. The molecule has 90 valence electrons. The van der Waals surface area contributed by atoms with E-state index in [0.29, 0.717) is 12.8 Å². The van der Waals surface area contributed by atoms with Crippen LogP contribution in [0.25, 0.3) is 0 Å². The average Bonchev–Trinajstić information content (AvgIpc) is 2.78. The van der Waals surface area contributed by atoms with Crippen LogP contribution in [0.5, 0.6) is 0 Å². The molecule has 1 aromatic heterocycles. The number of nitrogens with zero attached hydrogens (tertiary/aromatic N) is 3. The third-order valence-electron chi connectivity index (χ3n) is 2.77. The van der Waals surface area contributed by atoms with Crippen LogP contribution in [-0.4, -0.2) is 4.98 Å². The van der Waals surface area contributed by atoms with Gasteiger partial charge in [0.1, 0.15) is 18.9 Å². The van der Waals surface area contributed by atoms with Crippen LogP contribution in [0.1, 0.15) is 44.3 Å². The van der Waals surface area contributed by atoms with Crippen molar-refractivity contribution in [3.8, 4) is 12.1 Å². The number of nitrogens with one attached hydrogen (secondary N) is 1. The lowest BCUT2D eigenvalue weighted by Crippen LogP contribution is -2.35. The SMILES string of the molecule is N#CCCCCCCc1[nH]cc[n+]1CCC#N. The Morgan fingerprint density at radius 1 is 1.06 bits per heavy atom. The molecule has 0 aliphatic carbocycles. The molecule has 0 bridgehead atoms. The number of imidazole rings is 1. The third-order valence-corrected chi connectivity index (χ3v) is 2.77. The van der Waals surface area contributed by atoms with Crippen molar-refractivity contribution in [1.82, 2.24) is 4.98 Å². The minimum absolute atomic E-state index is 0.553. The van der Waals surface area contributed by atoms with Gasteiger partial charge in [0, 0.05) is 12.8 Å². The lowest BCUT2D eigenvalue weighted by molar-refractivity contribution is -0.701. The Morgan fingerprint density at radius 3 is 2.59 bits per heavy atom. The molecule has 17 heavy (non-hydrogen) atoms. The zero-order valence-corrected chi connectivity index (χ0v) is 10.2. The smallest absolute Gasteiger partial charge is 0.248 e. The van der Waals surface area contributed by atoms with E-state index >= 15 is 0 Å². The largest absolute Gasteiger partial charge is 0.254 e. The summed E-state index contributed by atoms with van der Waals surface area (Å²) < 4.78 is 2.11. The quantitative estimate of drug-likeness (QED) is 0.550. The molecule has 0 aliphatic heterocycles. The van der Waals surface area contributed by atoms with Gasteiger partial charge < -0.3 is 0 Å². The van der Waals surface area contributed by atoms with Crippen LogP contribution in [-0.2, 0) is 13.0 Å². The van der Waals surface area contributed by atoms with Crippen molar-refractivity contribution in [1.29, 1.82) is 10.5 Å². The van der Waals surface area contributed by atoms with Crippen molar-refractivity contribution in [3.05, 3.63) is 18.2 Å². The molecule has 0 fully saturated rings. The Balaban J connectivity index is 2.20. The normalized spacial score (nSPS) is 9.76. The number of aryl methyl sites for hydroxylation is 2. The topological polar surface area (TPSA) is 67.2 Å². The Labute approximate surface area is 103 Å². The second-order valence-corrected chi connectivity index (χ2v) is 4.08. The minimum atomic E-state index is 0.553. The number of nitriles is 2. The van der Waals surface area contributed by atoms with Crippen molar-refractivity contribution in [2.75, 3.05) is 0 Å². The lowest BCUT2D eigenvalue weighted by Gasteiger charge is -1.99. The second-order valence-electron chi connectivity index (χ2n) is 4.08. The highest BCUT2D eigenvalue weighted by molar-refractivity contribution is 4.78. The van der Waals surface area contributed by atoms with Crippen LogP contribution >= 0.6 is 0 Å². The summed E-state index contributed by atoms with van der Waals surface area (Å²) in [4.78, 5) is 3.22. The van der Waals surface area contributed by atoms with E-state index in [1.807, 2.05) is 12.4 Å². The molecule has 0 spiro atoms. The summed E-state index contributed by atoms with van der Waals surface area (Å²) in [6, 6.07) is 4.32. The summed E-state index contributed by atoms with van der Waals surface area (Å²) in [6.07, 6.45) is 10.6. The van der Waals surface area contributed by atoms with Crippen LogP contribution in [0.4, 0.5) is 0 Å². The molecule has 4 heteroatoms. The Bertz CT molecular complexity index is 394. The monoisotopic (exact) mass is 231 g/mol. The maximum Gasteiger partial charge on any atom is 0.254 e. The zero-order chi connectivity index (χ0) is 12.3. The number of aromatic nitrogens is 2. The van der Waals surface area contributed by atoms with Crippen molar-refractivity contribution >= 4 is 0 Å². The highest BCUT2D eigenvalue weighted by Crippen LogP contribution is 2.05. The van der Waals surface area contributed by atoms with E-state index in [0.717, 1.165) is 32.2 Å². The van der Waals surface area contributed by atoms with Crippen LogP contribution in [0.2, 0.25) is 0 Å². The van der Waals surface area contributed by atoms with E-state index in [-0.39, 0.29) is 0 Å². The van der Waals surface area contributed by atoms with Gasteiger partial charge in [-0.15, -0.1) is 0 Å². The van der Waals surface area contributed by atoms with Crippen LogP contribution in [0, 0.1) is 22.7 Å². The molecule has 0 aliphatic rings. The van der Waals surface area contributed by atoms with E-state index in [1.165, 1.54) is 12.2 Å². The van der Waals surface area contributed by atoms with E-state index in [2.05, 4.69) is 21.7 Å². The van der Waals surface area contributed by atoms with Gasteiger partial charge in [0.15, 0.2) is 0 Å². The lowest BCUT2D eigenvalue weighted by atomic mass is 10.1. The van der Waals surface area contributed by atoms with Gasteiger partial charge in [0.05, 0.1) is 18.6 Å². The van der Waals surface area contributed by atoms with Crippen LogP contribution < -0.4 is 4.57 Å². The molecule has 0 aromatic carbocycles. The van der Waals surface area contributed by atoms with E-state index < -0.39 is 0 Å². The summed E-state index contributed by atoms with van der Waals surface area (Å²) >= 11 is 0. The molecule has 1 N–H and O–H groups in total. The number of aromatic amines is 1. The number of unbranched alkanes of at least 4 members (excludes halogenated alkanes) is 4. The first-order valence-electron chi connectivity index (χ1n) is 6.18. The first kappa shape index (κ1) is 13.3. The number of hydrogen-bond acceptors (Lipinski definition) is 2. The van der Waals surface area contributed by atoms with Crippen molar-refractivity contribution < 1.29 is 4.57 Å². The van der Waals surface area contributed by atoms with Crippen molar-refractivity contribution in [2.24, 2.45) is 0 Å². The minimum Gasteiger partial charge on any atom is -0.248 e. The highest BCUT2D eigenvalue weighted by Gasteiger charge is 2.09. The number of H-pyrrole nitrogens is 1. The second kappa shape index (κ2) is 8.35. The van der Waals surface area contributed by atoms with Gasteiger partial charge >= 0.3 is 0 Å². The summed E-state index contributed by atoms with van der Waals surface area (Å²) in [5.41, 5.74) is 0. The molecule has 0 amide bonds. The molecule has 0 unspecified atom stereocenters. The predicted octanol–water partition coefficient (Wildman–Crippen LogP) is 2.23. The van der Waals surface area contributed by atoms with Gasteiger partial charge in [0.2, 0.25) is 0 Å². The predicted molar refractivity (Wildman–Crippen MR) is 63.6 cm³/mol. The maximum absolute atomic E-state index is 8.55. The summed E-state index contributed by atoms with van der Waals surface area (Å²) in [5, 5.41) is 17.0. The zero-order valence-electron chi connectivity index (χ0n) is 10.2.